The van der Waals surface area contributed by atoms with Crippen molar-refractivity contribution >= 4 is 26.3 Å². The molecule has 0 unspecified atom stereocenters. The number of rotatable bonds is 6. The van der Waals surface area contributed by atoms with Gasteiger partial charge in [0.15, 0.2) is 6.29 Å². The third-order valence-electron chi connectivity index (χ3n) is 3.65. The van der Waals surface area contributed by atoms with Crippen molar-refractivity contribution in [1.82, 2.24) is 4.72 Å². The molecule has 0 saturated heterocycles. The highest BCUT2D eigenvalue weighted by molar-refractivity contribution is 7.89. The van der Waals surface area contributed by atoms with Crippen LogP contribution in [0.3, 0.4) is 0 Å². The van der Waals surface area contributed by atoms with Crippen molar-refractivity contribution in [2.24, 2.45) is 5.14 Å². The zero-order chi connectivity index (χ0) is 21.3. The first-order valence-corrected chi connectivity index (χ1v) is 11.2. The maximum absolute atomic E-state index is 12.7. The number of primary sulfonamides is 1. The lowest BCUT2D eigenvalue weighted by Gasteiger charge is -2.21. The molecule has 2 rings (SSSR count). The second-order valence-electron chi connectivity index (χ2n) is 7.14. The van der Waals surface area contributed by atoms with E-state index in [1.807, 2.05) is 0 Å². The fraction of sp³-hybridized carbons (Fsp3) is 0.278. The summed E-state index contributed by atoms with van der Waals surface area (Å²) in [5.41, 5.74) is -0.158. The number of nitrogens with one attached hydrogen (secondary N) is 1. The fourth-order valence-corrected chi connectivity index (χ4v) is 4.65. The van der Waals surface area contributed by atoms with E-state index in [1.165, 1.54) is 37.4 Å². The largest absolute Gasteiger partial charge is 0.495 e. The molecule has 0 spiro atoms. The zero-order valence-corrected chi connectivity index (χ0v) is 17.5. The standard InChI is InChI=1S/C18H22N2O6S2/c1-18(2,3)20-28(24,25)15-9-13(11-21)17(26-4)16(10-15)12-6-5-7-14(8-12)27(19,22)23/h5-11,20H,1-4H3,(H2,19,22,23). The van der Waals surface area contributed by atoms with Crippen LogP contribution in [-0.2, 0) is 20.0 Å². The summed E-state index contributed by atoms with van der Waals surface area (Å²) in [6.45, 7) is 5.06. The molecule has 0 saturated carbocycles. The number of benzene rings is 2. The van der Waals surface area contributed by atoms with Crippen molar-refractivity contribution in [2.75, 3.05) is 7.11 Å². The Kier molecular flexibility index (Phi) is 6.00. The third kappa shape index (κ3) is 4.96. The normalized spacial score (nSPS) is 12.6. The second kappa shape index (κ2) is 7.63. The SMILES string of the molecule is COc1c(C=O)cc(S(=O)(=O)NC(C)(C)C)cc1-c1cccc(S(N)(=O)=O)c1. The Morgan fingerprint density at radius 3 is 2.18 bits per heavy atom. The van der Waals surface area contributed by atoms with E-state index in [0.29, 0.717) is 11.8 Å². The lowest BCUT2D eigenvalue weighted by Crippen LogP contribution is -2.40. The van der Waals surface area contributed by atoms with E-state index in [1.54, 1.807) is 26.8 Å². The molecule has 0 radical (unpaired) electrons. The van der Waals surface area contributed by atoms with E-state index in [-0.39, 0.29) is 26.7 Å². The topological polar surface area (TPSA) is 133 Å². The Morgan fingerprint density at radius 2 is 1.68 bits per heavy atom. The molecule has 152 valence electrons. The van der Waals surface area contributed by atoms with Crippen molar-refractivity contribution in [3.05, 3.63) is 42.0 Å². The number of nitrogens with two attached hydrogens (primary N) is 1. The third-order valence-corrected chi connectivity index (χ3v) is 6.30. The average molecular weight is 427 g/mol. The van der Waals surface area contributed by atoms with Gasteiger partial charge in [-0.25, -0.2) is 26.7 Å². The number of hydrogen-bond acceptors (Lipinski definition) is 6. The summed E-state index contributed by atoms with van der Waals surface area (Å²) in [5, 5.41) is 5.18. The van der Waals surface area contributed by atoms with Gasteiger partial charge in [0.25, 0.3) is 0 Å². The Balaban J connectivity index is 2.79. The maximum Gasteiger partial charge on any atom is 0.241 e. The summed E-state index contributed by atoms with van der Waals surface area (Å²) in [5.74, 6) is 0.122. The Bertz CT molecular complexity index is 1120. The molecule has 0 fully saturated rings. The van der Waals surface area contributed by atoms with E-state index in [0.717, 1.165) is 0 Å². The van der Waals surface area contributed by atoms with Crippen LogP contribution in [-0.4, -0.2) is 35.8 Å². The maximum atomic E-state index is 12.7. The smallest absolute Gasteiger partial charge is 0.241 e. The number of aldehydes is 1. The number of methoxy groups -OCH3 is 1. The van der Waals surface area contributed by atoms with Gasteiger partial charge in [0.05, 0.1) is 22.5 Å². The van der Waals surface area contributed by atoms with Crippen LogP contribution in [0.5, 0.6) is 5.75 Å². The predicted octanol–water partition coefficient (Wildman–Crippen LogP) is 1.90. The number of hydrogen-bond donors (Lipinski definition) is 2. The lowest BCUT2D eigenvalue weighted by atomic mass is 10.0. The van der Waals surface area contributed by atoms with E-state index in [2.05, 4.69) is 4.72 Å². The van der Waals surface area contributed by atoms with Gasteiger partial charge in [-0.2, -0.15) is 0 Å². The monoisotopic (exact) mass is 426 g/mol. The fourth-order valence-electron chi connectivity index (χ4n) is 2.61. The van der Waals surface area contributed by atoms with E-state index < -0.39 is 25.6 Å². The molecule has 0 amide bonds. The first-order valence-electron chi connectivity index (χ1n) is 8.13. The molecule has 2 aromatic rings. The molecule has 0 heterocycles. The minimum atomic E-state index is -3.97. The minimum Gasteiger partial charge on any atom is -0.495 e. The van der Waals surface area contributed by atoms with Gasteiger partial charge in [0.2, 0.25) is 20.0 Å². The summed E-state index contributed by atoms with van der Waals surface area (Å²) >= 11 is 0. The highest BCUT2D eigenvalue weighted by atomic mass is 32.2. The molecule has 0 aliphatic heterocycles. The van der Waals surface area contributed by atoms with Gasteiger partial charge in [0, 0.05) is 11.1 Å². The van der Waals surface area contributed by atoms with Crippen LogP contribution in [0.1, 0.15) is 31.1 Å². The molecule has 0 aliphatic carbocycles. The van der Waals surface area contributed by atoms with Gasteiger partial charge in [-0.3, -0.25) is 4.79 Å². The van der Waals surface area contributed by atoms with Crippen LogP contribution in [0.15, 0.2) is 46.2 Å². The average Bonchev–Trinajstić information content (AvgIpc) is 2.57. The van der Waals surface area contributed by atoms with Crippen LogP contribution in [0, 0.1) is 0 Å². The molecule has 3 N–H and O–H groups in total. The van der Waals surface area contributed by atoms with Crippen LogP contribution in [0.25, 0.3) is 11.1 Å². The second-order valence-corrected chi connectivity index (χ2v) is 10.4. The molecule has 0 bridgehead atoms. The zero-order valence-electron chi connectivity index (χ0n) is 15.9. The summed E-state index contributed by atoms with van der Waals surface area (Å²) in [6, 6.07) is 8.15. The van der Waals surface area contributed by atoms with Crippen molar-refractivity contribution in [3.63, 3.8) is 0 Å². The van der Waals surface area contributed by atoms with Gasteiger partial charge in [-0.05, 0) is 50.6 Å². The number of ether oxygens (including phenoxy) is 1. The summed E-state index contributed by atoms with van der Waals surface area (Å²) in [6.07, 6.45) is 0.474. The highest BCUT2D eigenvalue weighted by Gasteiger charge is 2.25. The van der Waals surface area contributed by atoms with Crippen LogP contribution < -0.4 is 14.6 Å². The van der Waals surface area contributed by atoms with E-state index >= 15 is 0 Å². The molecule has 2 aromatic carbocycles. The van der Waals surface area contributed by atoms with Crippen LogP contribution in [0.4, 0.5) is 0 Å². The van der Waals surface area contributed by atoms with Gasteiger partial charge >= 0.3 is 0 Å². The number of sulfonamides is 2. The summed E-state index contributed by atoms with van der Waals surface area (Å²) < 4.78 is 56.6. The number of carbonyl (C=O) groups is 1. The van der Waals surface area contributed by atoms with Crippen molar-refractivity contribution in [3.8, 4) is 16.9 Å². The molecule has 28 heavy (non-hydrogen) atoms. The molecular formula is C18H22N2O6S2. The first kappa shape index (κ1) is 22.0. The Morgan fingerprint density at radius 1 is 1.04 bits per heavy atom. The van der Waals surface area contributed by atoms with Gasteiger partial charge in [0.1, 0.15) is 5.75 Å². The minimum absolute atomic E-state index is 0.00953. The van der Waals surface area contributed by atoms with Gasteiger partial charge in [-0.15, -0.1) is 0 Å². The van der Waals surface area contributed by atoms with Crippen molar-refractivity contribution < 1.29 is 26.4 Å². The lowest BCUT2D eigenvalue weighted by molar-refractivity contribution is 0.112. The Labute approximate surface area is 164 Å². The van der Waals surface area contributed by atoms with Gasteiger partial charge in [-0.1, -0.05) is 12.1 Å². The van der Waals surface area contributed by atoms with Crippen LogP contribution >= 0.6 is 0 Å². The van der Waals surface area contributed by atoms with E-state index in [9.17, 15) is 21.6 Å². The molecule has 0 aliphatic rings. The van der Waals surface area contributed by atoms with Gasteiger partial charge < -0.3 is 4.74 Å². The van der Waals surface area contributed by atoms with Crippen LogP contribution in [0.2, 0.25) is 0 Å². The molecular weight excluding hydrogens is 404 g/mol. The van der Waals surface area contributed by atoms with E-state index in [4.69, 9.17) is 9.88 Å². The predicted molar refractivity (Wildman–Crippen MR) is 105 cm³/mol. The summed E-state index contributed by atoms with van der Waals surface area (Å²) in [4.78, 5) is 11.2. The molecule has 0 atom stereocenters. The first-order chi connectivity index (χ1) is 12.8. The van der Waals surface area contributed by atoms with Crippen molar-refractivity contribution in [2.45, 2.75) is 36.1 Å². The highest BCUT2D eigenvalue weighted by Crippen LogP contribution is 2.36. The Hall–Kier alpha value is -2.27. The summed E-state index contributed by atoms with van der Waals surface area (Å²) in [7, 11) is -6.59. The molecule has 0 aromatic heterocycles. The van der Waals surface area contributed by atoms with Crippen molar-refractivity contribution in [1.29, 1.82) is 0 Å². The molecule has 8 nitrogen and oxygen atoms in total. The molecule has 10 heteroatoms. The quantitative estimate of drug-likeness (QED) is 0.678. The number of carbonyl (C=O) groups excluding carboxylic acids is 1.